The second-order valence-corrected chi connectivity index (χ2v) is 8.14. The van der Waals surface area contributed by atoms with Crippen molar-refractivity contribution < 1.29 is 8.42 Å². The van der Waals surface area contributed by atoms with E-state index < -0.39 is 10.0 Å². The third-order valence-corrected chi connectivity index (χ3v) is 6.89. The smallest absolute Gasteiger partial charge is 0.229 e. The average Bonchev–Trinajstić information content (AvgIpc) is 2.77. The van der Waals surface area contributed by atoms with Crippen LogP contribution in [0.2, 0.25) is 0 Å². The Labute approximate surface area is 131 Å². The fourth-order valence-corrected chi connectivity index (χ4v) is 5.40. The number of hydrogen-bond acceptors (Lipinski definition) is 3. The van der Waals surface area contributed by atoms with Crippen LogP contribution in [-0.4, -0.2) is 25.3 Å². The molecule has 6 heteroatoms. The monoisotopic (exact) mass is 328 g/mol. The van der Waals surface area contributed by atoms with Crippen LogP contribution >= 0.6 is 11.8 Å². The molecule has 1 aliphatic heterocycles. The fraction of sp³-hybridized carbons (Fsp3) is 0.600. The number of halogens is 1. The molecular weight excluding hydrogens is 308 g/mol. The zero-order valence-electron chi connectivity index (χ0n) is 12.0. The van der Waals surface area contributed by atoms with E-state index in [2.05, 4.69) is 4.84 Å². The molecule has 0 radical (unpaired) electrons. The summed E-state index contributed by atoms with van der Waals surface area (Å²) >= 11 is 5.91. The molecule has 1 aromatic rings. The lowest BCUT2D eigenvalue weighted by molar-refractivity contribution is 0.254. The quantitative estimate of drug-likeness (QED) is 0.865. The Morgan fingerprint density at radius 2 is 1.95 bits per heavy atom. The number of rotatable bonds is 4. The molecule has 0 unspecified atom stereocenters. The number of nitrogens with zero attached hydrogens (tertiary/aromatic N) is 1. The molecule has 0 spiro atoms. The van der Waals surface area contributed by atoms with E-state index in [4.69, 9.17) is 11.8 Å². The van der Waals surface area contributed by atoms with Crippen molar-refractivity contribution in [3.05, 3.63) is 29.8 Å². The highest BCUT2D eigenvalue weighted by Gasteiger charge is 2.37. The molecule has 1 aromatic carbocycles. The number of hydrogen-bond donors (Lipinski definition) is 1. The highest BCUT2D eigenvalue weighted by atomic mass is 35.5. The highest BCUT2D eigenvalue weighted by molar-refractivity contribution is 7.89. The fourth-order valence-electron chi connectivity index (χ4n) is 3.49. The van der Waals surface area contributed by atoms with Crippen molar-refractivity contribution in [2.45, 2.75) is 49.6 Å². The minimum Gasteiger partial charge on any atom is -0.229 e. The van der Waals surface area contributed by atoms with Gasteiger partial charge in [-0.15, -0.1) is 0 Å². The summed E-state index contributed by atoms with van der Waals surface area (Å²) in [6.07, 6.45) is 5.97. The number of nitrogens with one attached hydrogen (secondary N) is 1. The van der Waals surface area contributed by atoms with Crippen LogP contribution in [0.5, 0.6) is 0 Å². The van der Waals surface area contributed by atoms with Crippen molar-refractivity contribution in [3.63, 3.8) is 0 Å². The molecule has 1 atom stereocenters. The topological polar surface area (TPSA) is 49.4 Å². The van der Waals surface area contributed by atoms with Gasteiger partial charge in [0.15, 0.2) is 0 Å². The third-order valence-electron chi connectivity index (χ3n) is 4.70. The summed E-state index contributed by atoms with van der Waals surface area (Å²) in [5.74, 6) is 0.468. The Bertz CT molecular complexity index is 599. The minimum absolute atomic E-state index is 0.0241. The van der Waals surface area contributed by atoms with Crippen LogP contribution in [-0.2, 0) is 16.6 Å². The Hall–Kier alpha value is -0.620. The van der Waals surface area contributed by atoms with Crippen LogP contribution < -0.4 is 4.84 Å². The summed E-state index contributed by atoms with van der Waals surface area (Å²) < 4.78 is 26.7. The standard InChI is InChI=1S/C15H21ClN2O2S/c16-17-14(12-6-2-1-3-7-12)11-18-10-13-8-4-5-9-15(13)21(18,19)20/h4-5,8-9,12,14,17H,1-3,6-7,10-11H2/t14-/m1/s1. The molecule has 0 amide bonds. The lowest BCUT2D eigenvalue weighted by atomic mass is 9.84. The second-order valence-electron chi connectivity index (χ2n) is 6.02. The first-order valence-corrected chi connectivity index (χ1v) is 9.39. The molecule has 2 aliphatic rings. The van der Waals surface area contributed by atoms with Gasteiger partial charge in [-0.1, -0.05) is 37.5 Å². The zero-order chi connectivity index (χ0) is 14.9. The average molecular weight is 329 g/mol. The third kappa shape index (κ3) is 2.97. The summed E-state index contributed by atoms with van der Waals surface area (Å²) in [5, 5.41) is 0. The van der Waals surface area contributed by atoms with E-state index in [0.29, 0.717) is 23.9 Å². The summed E-state index contributed by atoms with van der Waals surface area (Å²) in [4.78, 5) is 3.28. The summed E-state index contributed by atoms with van der Waals surface area (Å²) in [6.45, 7) is 0.908. The zero-order valence-corrected chi connectivity index (χ0v) is 13.5. The van der Waals surface area contributed by atoms with Gasteiger partial charge in [-0.2, -0.15) is 4.31 Å². The van der Waals surface area contributed by atoms with Gasteiger partial charge >= 0.3 is 0 Å². The molecule has 3 rings (SSSR count). The Morgan fingerprint density at radius 1 is 1.24 bits per heavy atom. The first kappa shape index (κ1) is 15.3. The van der Waals surface area contributed by atoms with Crippen molar-refractivity contribution in [1.82, 2.24) is 9.14 Å². The Morgan fingerprint density at radius 3 is 2.62 bits per heavy atom. The van der Waals surface area contributed by atoms with E-state index in [0.717, 1.165) is 18.4 Å². The molecular formula is C15H21ClN2O2S. The largest absolute Gasteiger partial charge is 0.243 e. The van der Waals surface area contributed by atoms with Gasteiger partial charge in [0, 0.05) is 19.1 Å². The van der Waals surface area contributed by atoms with Gasteiger partial charge in [-0.25, -0.2) is 13.3 Å². The Kier molecular flexibility index (Phi) is 4.54. The lowest BCUT2D eigenvalue weighted by Crippen LogP contribution is -2.43. The molecule has 1 aliphatic carbocycles. The van der Waals surface area contributed by atoms with Gasteiger partial charge in [0.25, 0.3) is 0 Å². The number of sulfonamides is 1. The molecule has 0 bridgehead atoms. The van der Waals surface area contributed by atoms with Gasteiger partial charge in [-0.3, -0.25) is 0 Å². The van der Waals surface area contributed by atoms with E-state index >= 15 is 0 Å². The first-order valence-electron chi connectivity index (χ1n) is 7.57. The van der Waals surface area contributed by atoms with Crippen molar-refractivity contribution in [1.29, 1.82) is 0 Å². The van der Waals surface area contributed by atoms with Gasteiger partial charge in [-0.05, 0) is 42.2 Å². The highest BCUT2D eigenvalue weighted by Crippen LogP contribution is 2.32. The molecule has 21 heavy (non-hydrogen) atoms. The molecule has 1 N–H and O–H groups in total. The molecule has 1 saturated carbocycles. The second kappa shape index (κ2) is 6.24. The molecule has 116 valence electrons. The van der Waals surface area contributed by atoms with E-state index in [1.165, 1.54) is 19.3 Å². The predicted octanol–water partition coefficient (Wildman–Crippen LogP) is 2.88. The van der Waals surface area contributed by atoms with Crippen LogP contribution in [0.3, 0.4) is 0 Å². The van der Waals surface area contributed by atoms with E-state index in [-0.39, 0.29) is 6.04 Å². The van der Waals surface area contributed by atoms with Crippen molar-refractivity contribution >= 4 is 21.8 Å². The SMILES string of the molecule is O=S1(=O)c2ccccc2CN1C[C@@H](NCl)C1CCCCC1. The minimum atomic E-state index is -3.36. The lowest BCUT2D eigenvalue weighted by Gasteiger charge is -2.31. The number of fused-ring (bicyclic) bond motifs is 1. The van der Waals surface area contributed by atoms with Gasteiger partial charge in [0.05, 0.1) is 4.90 Å². The van der Waals surface area contributed by atoms with E-state index in [9.17, 15) is 8.42 Å². The van der Waals surface area contributed by atoms with Crippen molar-refractivity contribution in [2.24, 2.45) is 5.92 Å². The van der Waals surface area contributed by atoms with Crippen LogP contribution in [0.25, 0.3) is 0 Å². The maximum absolute atomic E-state index is 12.6. The molecule has 1 fully saturated rings. The summed E-state index contributed by atoms with van der Waals surface area (Å²) in [6, 6.07) is 7.26. The van der Waals surface area contributed by atoms with E-state index in [1.807, 2.05) is 12.1 Å². The van der Waals surface area contributed by atoms with Crippen molar-refractivity contribution in [2.75, 3.05) is 6.54 Å². The van der Waals surface area contributed by atoms with Crippen molar-refractivity contribution in [3.8, 4) is 0 Å². The van der Waals surface area contributed by atoms with Gasteiger partial charge < -0.3 is 0 Å². The van der Waals surface area contributed by atoms with Crippen LogP contribution in [0.1, 0.15) is 37.7 Å². The normalized spacial score (nSPS) is 23.9. The first-order chi connectivity index (χ1) is 10.1. The maximum atomic E-state index is 12.6. The van der Waals surface area contributed by atoms with E-state index in [1.54, 1.807) is 16.4 Å². The Balaban J connectivity index is 1.76. The maximum Gasteiger partial charge on any atom is 0.243 e. The molecule has 0 aromatic heterocycles. The molecule has 0 saturated heterocycles. The molecule has 1 heterocycles. The molecule has 4 nitrogen and oxygen atoms in total. The van der Waals surface area contributed by atoms with Gasteiger partial charge in [0.1, 0.15) is 0 Å². The van der Waals surface area contributed by atoms with Crippen LogP contribution in [0.15, 0.2) is 29.2 Å². The van der Waals surface area contributed by atoms with Gasteiger partial charge in [0.2, 0.25) is 10.0 Å². The van der Waals surface area contributed by atoms with Crippen LogP contribution in [0.4, 0.5) is 0 Å². The predicted molar refractivity (Wildman–Crippen MR) is 83.4 cm³/mol. The summed E-state index contributed by atoms with van der Waals surface area (Å²) in [7, 11) is -3.36. The van der Waals surface area contributed by atoms with Crippen LogP contribution in [0, 0.1) is 5.92 Å². The number of benzene rings is 1. The summed E-state index contributed by atoms with van der Waals surface area (Å²) in [5.41, 5.74) is 0.884.